The first-order chi connectivity index (χ1) is 9.97. The third-order valence-electron chi connectivity index (χ3n) is 2.96. The van der Waals surface area contributed by atoms with E-state index in [-0.39, 0.29) is 11.5 Å². The van der Waals surface area contributed by atoms with Gasteiger partial charge in [0, 0.05) is 11.1 Å². The molecule has 21 heavy (non-hydrogen) atoms. The van der Waals surface area contributed by atoms with Crippen LogP contribution in [0.2, 0.25) is 0 Å². The van der Waals surface area contributed by atoms with Gasteiger partial charge in [0.05, 0.1) is 26.6 Å². The summed E-state index contributed by atoms with van der Waals surface area (Å²) in [6.45, 7) is 1.93. The van der Waals surface area contributed by atoms with Gasteiger partial charge >= 0.3 is 0 Å². The molecule has 0 radical (unpaired) electrons. The summed E-state index contributed by atoms with van der Waals surface area (Å²) >= 11 is 3.38. The summed E-state index contributed by atoms with van der Waals surface area (Å²) in [4.78, 5) is 0. The molecule has 0 N–H and O–H groups in total. The SMILES string of the molecule is CCS(=O)(=O)CCCOc1c(OC)cc(CBr)cc1OC. The number of halogens is 1. The third-order valence-corrected chi connectivity index (χ3v) is 5.40. The maximum atomic E-state index is 11.4. The van der Waals surface area contributed by atoms with E-state index in [2.05, 4.69) is 15.9 Å². The van der Waals surface area contributed by atoms with Crippen molar-refractivity contribution in [2.45, 2.75) is 18.7 Å². The fraction of sp³-hybridized carbons (Fsp3) is 0.571. The molecule has 1 aromatic carbocycles. The van der Waals surface area contributed by atoms with Gasteiger partial charge in [0.15, 0.2) is 11.5 Å². The Kier molecular flexibility index (Phi) is 7.31. The van der Waals surface area contributed by atoms with Crippen molar-refractivity contribution in [2.24, 2.45) is 0 Å². The van der Waals surface area contributed by atoms with E-state index in [1.807, 2.05) is 12.1 Å². The van der Waals surface area contributed by atoms with Gasteiger partial charge in [-0.2, -0.15) is 0 Å². The van der Waals surface area contributed by atoms with Gasteiger partial charge < -0.3 is 14.2 Å². The van der Waals surface area contributed by atoms with E-state index in [0.29, 0.717) is 35.6 Å². The summed E-state index contributed by atoms with van der Waals surface area (Å²) in [5, 5.41) is 0.675. The maximum Gasteiger partial charge on any atom is 0.203 e. The molecule has 0 aliphatic carbocycles. The zero-order valence-electron chi connectivity index (χ0n) is 12.5. The second-order valence-electron chi connectivity index (χ2n) is 4.40. The minimum atomic E-state index is -2.96. The molecule has 0 fully saturated rings. The van der Waals surface area contributed by atoms with E-state index in [9.17, 15) is 8.42 Å². The van der Waals surface area contributed by atoms with E-state index in [0.717, 1.165) is 5.56 Å². The van der Waals surface area contributed by atoms with Crippen LogP contribution in [0.1, 0.15) is 18.9 Å². The van der Waals surface area contributed by atoms with Gasteiger partial charge in [-0.25, -0.2) is 8.42 Å². The predicted molar refractivity (Wildman–Crippen MR) is 86.6 cm³/mol. The number of methoxy groups -OCH3 is 2. The van der Waals surface area contributed by atoms with Crippen molar-refractivity contribution in [3.63, 3.8) is 0 Å². The quantitative estimate of drug-likeness (QED) is 0.486. The first-order valence-electron chi connectivity index (χ1n) is 6.61. The summed E-state index contributed by atoms with van der Waals surface area (Å²) in [5.74, 6) is 1.91. The van der Waals surface area contributed by atoms with Crippen molar-refractivity contribution in [2.75, 3.05) is 32.3 Å². The first-order valence-corrected chi connectivity index (χ1v) is 9.55. The largest absolute Gasteiger partial charge is 0.493 e. The van der Waals surface area contributed by atoms with Crippen LogP contribution >= 0.6 is 15.9 Å². The molecule has 1 aromatic rings. The van der Waals surface area contributed by atoms with Crippen molar-refractivity contribution < 1.29 is 22.6 Å². The molecule has 0 bridgehead atoms. The Morgan fingerprint density at radius 2 is 1.71 bits per heavy atom. The topological polar surface area (TPSA) is 61.8 Å². The highest BCUT2D eigenvalue weighted by molar-refractivity contribution is 9.08. The molecular weight excluding hydrogens is 360 g/mol. The summed E-state index contributed by atoms with van der Waals surface area (Å²) in [7, 11) is 0.149. The fourth-order valence-corrected chi connectivity index (χ4v) is 2.92. The molecule has 0 aliphatic rings. The van der Waals surface area contributed by atoms with Crippen LogP contribution in [0, 0.1) is 0 Å². The molecule has 5 nitrogen and oxygen atoms in total. The smallest absolute Gasteiger partial charge is 0.203 e. The Morgan fingerprint density at radius 3 is 2.14 bits per heavy atom. The molecule has 0 atom stereocenters. The average Bonchev–Trinajstić information content (AvgIpc) is 2.50. The van der Waals surface area contributed by atoms with E-state index in [1.165, 1.54) is 0 Å². The average molecular weight is 381 g/mol. The van der Waals surface area contributed by atoms with Crippen LogP contribution < -0.4 is 14.2 Å². The lowest BCUT2D eigenvalue weighted by atomic mass is 10.2. The Bertz CT molecular complexity index is 531. The number of hydrogen-bond donors (Lipinski definition) is 0. The van der Waals surface area contributed by atoms with Gasteiger partial charge in [-0.1, -0.05) is 22.9 Å². The number of benzene rings is 1. The lowest BCUT2D eigenvalue weighted by Gasteiger charge is -2.15. The maximum absolute atomic E-state index is 11.4. The molecule has 0 spiro atoms. The van der Waals surface area contributed by atoms with Crippen molar-refractivity contribution in [3.8, 4) is 17.2 Å². The van der Waals surface area contributed by atoms with E-state index < -0.39 is 9.84 Å². The van der Waals surface area contributed by atoms with Gasteiger partial charge in [-0.05, 0) is 24.1 Å². The molecule has 0 heterocycles. The number of alkyl halides is 1. The molecule has 0 saturated carbocycles. The molecule has 0 aromatic heterocycles. The Balaban J connectivity index is 2.78. The molecule has 0 saturated heterocycles. The zero-order valence-corrected chi connectivity index (χ0v) is 14.9. The standard InChI is InChI=1S/C14H21BrO5S/c1-4-21(16,17)7-5-6-20-14-12(18-2)8-11(10-15)9-13(14)19-3/h8-9H,4-7,10H2,1-3H3. The van der Waals surface area contributed by atoms with Crippen LogP contribution in [0.3, 0.4) is 0 Å². The Morgan fingerprint density at radius 1 is 1.14 bits per heavy atom. The van der Waals surface area contributed by atoms with Crippen LogP contribution in [-0.2, 0) is 15.2 Å². The van der Waals surface area contributed by atoms with Crippen LogP contribution in [-0.4, -0.2) is 40.7 Å². The molecule has 0 aliphatic heterocycles. The minimum Gasteiger partial charge on any atom is -0.493 e. The number of ether oxygens (including phenoxy) is 3. The second kappa shape index (κ2) is 8.48. The monoisotopic (exact) mass is 380 g/mol. The van der Waals surface area contributed by atoms with Crippen LogP contribution in [0.25, 0.3) is 0 Å². The zero-order chi connectivity index (χ0) is 15.9. The summed E-state index contributed by atoms with van der Waals surface area (Å²) in [6.07, 6.45) is 0.433. The summed E-state index contributed by atoms with van der Waals surface area (Å²) in [5.41, 5.74) is 1.00. The van der Waals surface area contributed by atoms with E-state index >= 15 is 0 Å². The molecule has 120 valence electrons. The first kappa shape index (κ1) is 18.1. The van der Waals surface area contributed by atoms with Crippen molar-refractivity contribution in [1.82, 2.24) is 0 Å². The summed E-state index contributed by atoms with van der Waals surface area (Å²) < 4.78 is 39.1. The Labute approximate surface area is 134 Å². The highest BCUT2D eigenvalue weighted by Gasteiger charge is 2.14. The van der Waals surface area contributed by atoms with Crippen molar-refractivity contribution >= 4 is 25.8 Å². The van der Waals surface area contributed by atoms with Crippen LogP contribution in [0.5, 0.6) is 17.2 Å². The molecular formula is C14H21BrO5S. The normalized spacial score (nSPS) is 11.2. The lowest BCUT2D eigenvalue weighted by Crippen LogP contribution is -2.12. The van der Waals surface area contributed by atoms with Gasteiger partial charge in [-0.15, -0.1) is 0 Å². The van der Waals surface area contributed by atoms with Gasteiger partial charge in [0.25, 0.3) is 0 Å². The van der Waals surface area contributed by atoms with Crippen molar-refractivity contribution in [1.29, 1.82) is 0 Å². The number of hydrogen-bond acceptors (Lipinski definition) is 5. The van der Waals surface area contributed by atoms with E-state index in [1.54, 1.807) is 21.1 Å². The second-order valence-corrected chi connectivity index (χ2v) is 7.43. The van der Waals surface area contributed by atoms with Gasteiger partial charge in [0.1, 0.15) is 9.84 Å². The van der Waals surface area contributed by atoms with Crippen molar-refractivity contribution in [3.05, 3.63) is 17.7 Å². The third kappa shape index (κ3) is 5.39. The van der Waals surface area contributed by atoms with Crippen LogP contribution in [0.15, 0.2) is 12.1 Å². The molecule has 0 amide bonds. The molecule has 7 heteroatoms. The highest BCUT2D eigenvalue weighted by Crippen LogP contribution is 2.39. The lowest BCUT2D eigenvalue weighted by molar-refractivity contribution is 0.275. The van der Waals surface area contributed by atoms with Gasteiger partial charge in [0.2, 0.25) is 5.75 Å². The van der Waals surface area contributed by atoms with Crippen LogP contribution in [0.4, 0.5) is 0 Å². The minimum absolute atomic E-state index is 0.119. The highest BCUT2D eigenvalue weighted by atomic mass is 79.9. The summed E-state index contributed by atoms with van der Waals surface area (Å²) in [6, 6.07) is 3.71. The molecule has 0 unspecified atom stereocenters. The van der Waals surface area contributed by atoms with Gasteiger partial charge in [-0.3, -0.25) is 0 Å². The van der Waals surface area contributed by atoms with E-state index in [4.69, 9.17) is 14.2 Å². The number of rotatable bonds is 9. The fourth-order valence-electron chi connectivity index (χ4n) is 1.75. The number of sulfone groups is 1. The predicted octanol–water partition coefficient (Wildman–Crippen LogP) is 2.80. The molecule has 1 rings (SSSR count). The Hall–Kier alpha value is -0.950.